The Labute approximate surface area is 87.4 Å². The van der Waals surface area contributed by atoms with Crippen LogP contribution in [0, 0.1) is 0 Å². The quantitative estimate of drug-likeness (QED) is 0.408. The Bertz CT molecular complexity index is 207. The van der Waals surface area contributed by atoms with Crippen molar-refractivity contribution in [1.29, 1.82) is 0 Å². The van der Waals surface area contributed by atoms with Gasteiger partial charge in [-0.1, -0.05) is 6.08 Å². The van der Waals surface area contributed by atoms with Crippen molar-refractivity contribution in [1.82, 2.24) is 0 Å². The summed E-state index contributed by atoms with van der Waals surface area (Å²) in [6.45, 7) is 3.10. The van der Waals surface area contributed by atoms with Crippen LogP contribution in [0.4, 0.5) is 0 Å². The number of rotatable bonds is 4. The van der Waals surface area contributed by atoms with Crippen LogP contribution < -0.4 is 0 Å². The van der Waals surface area contributed by atoms with Crippen LogP contribution in [-0.2, 0) is 9.47 Å². The lowest BCUT2D eigenvalue weighted by atomic mass is 9.99. The van der Waals surface area contributed by atoms with Gasteiger partial charge in [0.15, 0.2) is 6.29 Å². The van der Waals surface area contributed by atoms with Crippen LogP contribution in [0.3, 0.4) is 0 Å². The molecule has 0 spiro atoms. The first-order chi connectivity index (χ1) is 7.11. The first kappa shape index (κ1) is 12.6. The highest BCUT2D eigenvalue weighted by Crippen LogP contribution is 2.21. The van der Waals surface area contributed by atoms with E-state index in [-0.39, 0.29) is 6.61 Å². The zero-order chi connectivity index (χ0) is 11.4. The van der Waals surface area contributed by atoms with Crippen LogP contribution in [0.15, 0.2) is 12.7 Å². The Kier molecular flexibility index (Phi) is 4.65. The Morgan fingerprint density at radius 3 is 2.40 bits per heavy atom. The Balaban J connectivity index is 2.60. The monoisotopic (exact) mass is 220 g/mol. The predicted octanol–water partition coefficient (Wildman–Crippen LogP) is -2.01. The van der Waals surface area contributed by atoms with Gasteiger partial charge in [-0.25, -0.2) is 0 Å². The Morgan fingerprint density at radius 2 is 1.87 bits per heavy atom. The van der Waals surface area contributed by atoms with Crippen LogP contribution >= 0.6 is 0 Å². The molecule has 0 aromatic heterocycles. The first-order valence-corrected chi connectivity index (χ1v) is 4.64. The molecule has 0 amide bonds. The number of ether oxygens (including phenoxy) is 2. The van der Waals surface area contributed by atoms with Crippen LogP contribution in [0.5, 0.6) is 0 Å². The molecule has 6 heteroatoms. The summed E-state index contributed by atoms with van der Waals surface area (Å²) in [5, 5.41) is 37.1. The summed E-state index contributed by atoms with van der Waals surface area (Å²) in [7, 11) is 0. The minimum Gasteiger partial charge on any atom is -0.394 e. The van der Waals surface area contributed by atoms with E-state index in [0.29, 0.717) is 0 Å². The van der Waals surface area contributed by atoms with E-state index >= 15 is 0 Å². The third kappa shape index (κ3) is 2.75. The molecule has 15 heavy (non-hydrogen) atoms. The van der Waals surface area contributed by atoms with Crippen molar-refractivity contribution in [2.24, 2.45) is 0 Å². The van der Waals surface area contributed by atoms with Gasteiger partial charge in [-0.3, -0.25) is 0 Å². The smallest absolute Gasteiger partial charge is 0.187 e. The topological polar surface area (TPSA) is 99.4 Å². The molecule has 0 bridgehead atoms. The van der Waals surface area contributed by atoms with Crippen molar-refractivity contribution in [3.63, 3.8) is 0 Å². The largest absolute Gasteiger partial charge is 0.394 e. The lowest BCUT2D eigenvalue weighted by Crippen LogP contribution is -2.59. The van der Waals surface area contributed by atoms with Gasteiger partial charge in [0.25, 0.3) is 0 Å². The van der Waals surface area contributed by atoms with Crippen molar-refractivity contribution >= 4 is 0 Å². The SMILES string of the molecule is C=CCO[C@@H]1OC(CO)[C@@H](O)[C@@H](O)C1O. The molecule has 4 N–H and O–H groups in total. The summed E-state index contributed by atoms with van der Waals surface area (Å²) in [6.07, 6.45) is -4.64. The van der Waals surface area contributed by atoms with Gasteiger partial charge >= 0.3 is 0 Å². The second-order valence-electron chi connectivity index (χ2n) is 3.32. The maximum absolute atomic E-state index is 9.47. The van der Waals surface area contributed by atoms with E-state index in [2.05, 4.69) is 6.58 Å². The van der Waals surface area contributed by atoms with Crippen LogP contribution in [-0.4, -0.2) is 64.3 Å². The van der Waals surface area contributed by atoms with Crippen LogP contribution in [0.1, 0.15) is 0 Å². The summed E-state index contributed by atoms with van der Waals surface area (Å²) in [6, 6.07) is 0. The van der Waals surface area contributed by atoms with Gasteiger partial charge in [0.2, 0.25) is 0 Å². The number of aliphatic hydroxyl groups is 4. The fourth-order valence-electron chi connectivity index (χ4n) is 1.37. The number of aliphatic hydroxyl groups excluding tert-OH is 4. The van der Waals surface area contributed by atoms with Crippen LogP contribution in [0.2, 0.25) is 0 Å². The molecule has 1 heterocycles. The fourth-order valence-corrected chi connectivity index (χ4v) is 1.37. The van der Waals surface area contributed by atoms with Crippen molar-refractivity contribution in [3.8, 4) is 0 Å². The van der Waals surface area contributed by atoms with E-state index in [9.17, 15) is 15.3 Å². The third-order valence-electron chi connectivity index (χ3n) is 2.23. The lowest BCUT2D eigenvalue weighted by Gasteiger charge is -2.39. The Hall–Kier alpha value is -0.500. The van der Waals surface area contributed by atoms with Crippen molar-refractivity contribution in [2.75, 3.05) is 13.2 Å². The van der Waals surface area contributed by atoms with Crippen molar-refractivity contribution in [3.05, 3.63) is 12.7 Å². The summed E-state index contributed by atoms with van der Waals surface area (Å²) in [5.41, 5.74) is 0. The molecule has 5 atom stereocenters. The normalized spacial score (nSPS) is 41.5. The highest BCUT2D eigenvalue weighted by Gasteiger charge is 2.43. The summed E-state index contributed by atoms with van der Waals surface area (Å²) >= 11 is 0. The molecule has 1 rings (SSSR count). The molecule has 1 aliphatic heterocycles. The number of hydrogen-bond donors (Lipinski definition) is 4. The van der Waals surface area contributed by atoms with Gasteiger partial charge in [-0.2, -0.15) is 0 Å². The first-order valence-electron chi connectivity index (χ1n) is 4.64. The van der Waals surface area contributed by atoms with Crippen molar-refractivity contribution in [2.45, 2.75) is 30.7 Å². The van der Waals surface area contributed by atoms with Gasteiger partial charge in [-0.15, -0.1) is 6.58 Å². The average Bonchev–Trinajstić information content (AvgIpc) is 2.25. The third-order valence-corrected chi connectivity index (χ3v) is 2.23. The van der Waals surface area contributed by atoms with Gasteiger partial charge in [0, 0.05) is 0 Å². The van der Waals surface area contributed by atoms with E-state index in [1.807, 2.05) is 0 Å². The highest BCUT2D eigenvalue weighted by atomic mass is 16.7. The minimum atomic E-state index is -1.40. The second kappa shape index (κ2) is 5.55. The molecular weight excluding hydrogens is 204 g/mol. The molecule has 0 aliphatic carbocycles. The molecule has 1 fully saturated rings. The standard InChI is InChI=1S/C9H16O6/c1-2-3-14-9-8(13)7(12)6(11)5(4-10)15-9/h2,5-13H,1,3-4H2/t5?,6-,7-,8?,9-/m1/s1. The van der Waals surface area contributed by atoms with E-state index in [1.165, 1.54) is 6.08 Å². The zero-order valence-electron chi connectivity index (χ0n) is 8.19. The molecule has 6 nitrogen and oxygen atoms in total. The zero-order valence-corrected chi connectivity index (χ0v) is 8.19. The Morgan fingerprint density at radius 1 is 1.20 bits per heavy atom. The predicted molar refractivity (Wildman–Crippen MR) is 49.9 cm³/mol. The maximum atomic E-state index is 9.47. The van der Waals surface area contributed by atoms with E-state index in [4.69, 9.17) is 14.6 Å². The highest BCUT2D eigenvalue weighted by molar-refractivity contribution is 4.89. The number of hydrogen-bond acceptors (Lipinski definition) is 6. The maximum Gasteiger partial charge on any atom is 0.187 e. The lowest BCUT2D eigenvalue weighted by molar-refractivity contribution is -0.298. The van der Waals surface area contributed by atoms with Gasteiger partial charge in [0.05, 0.1) is 13.2 Å². The summed E-state index contributed by atoms with van der Waals surface area (Å²) < 4.78 is 10.1. The van der Waals surface area contributed by atoms with E-state index in [1.54, 1.807) is 0 Å². The average molecular weight is 220 g/mol. The minimum absolute atomic E-state index is 0.142. The second-order valence-corrected chi connectivity index (χ2v) is 3.32. The molecule has 88 valence electrons. The molecule has 0 aromatic carbocycles. The molecule has 0 radical (unpaired) electrons. The molecule has 0 aromatic rings. The van der Waals surface area contributed by atoms with E-state index < -0.39 is 37.3 Å². The molecular formula is C9H16O6. The summed E-state index contributed by atoms with van der Waals surface area (Å²) in [5.74, 6) is 0. The molecule has 1 saturated heterocycles. The van der Waals surface area contributed by atoms with Crippen LogP contribution in [0.25, 0.3) is 0 Å². The van der Waals surface area contributed by atoms with Crippen molar-refractivity contribution < 1.29 is 29.9 Å². The molecule has 2 unspecified atom stereocenters. The fraction of sp³-hybridized carbons (Fsp3) is 0.778. The molecule has 0 saturated carbocycles. The van der Waals surface area contributed by atoms with E-state index in [0.717, 1.165) is 0 Å². The van der Waals surface area contributed by atoms with Gasteiger partial charge in [-0.05, 0) is 0 Å². The molecule has 1 aliphatic rings. The van der Waals surface area contributed by atoms with Gasteiger partial charge < -0.3 is 29.9 Å². The van der Waals surface area contributed by atoms with Gasteiger partial charge in [0.1, 0.15) is 24.4 Å². The summed E-state index contributed by atoms with van der Waals surface area (Å²) in [4.78, 5) is 0.